The molecule has 140 valence electrons. The zero-order chi connectivity index (χ0) is 19.8. The van der Waals surface area contributed by atoms with E-state index in [1.54, 1.807) is 18.2 Å². The van der Waals surface area contributed by atoms with Gasteiger partial charge in [-0.05, 0) is 41.0 Å². The molecule has 0 heterocycles. The van der Waals surface area contributed by atoms with Crippen LogP contribution >= 0.6 is 0 Å². The minimum Gasteiger partial charge on any atom is -0.508 e. The van der Waals surface area contributed by atoms with Crippen LogP contribution in [0.1, 0.15) is 25.0 Å². The van der Waals surface area contributed by atoms with E-state index in [0.717, 1.165) is 5.56 Å². The number of phenols is 2. The Hall–Kier alpha value is -2.83. The van der Waals surface area contributed by atoms with E-state index in [1.807, 2.05) is 44.2 Å². The van der Waals surface area contributed by atoms with Crippen LogP contribution in [-0.2, 0) is 15.5 Å². The van der Waals surface area contributed by atoms with Crippen molar-refractivity contribution in [2.24, 2.45) is 0 Å². The van der Waals surface area contributed by atoms with E-state index in [0.29, 0.717) is 16.7 Å². The third kappa shape index (κ3) is 3.67. The number of rotatable bonds is 4. The summed E-state index contributed by atoms with van der Waals surface area (Å²) in [4.78, 5) is -0.549. The fraction of sp³-hybridized carbons (Fsp3) is 0.143. The second-order valence-corrected chi connectivity index (χ2v) is 8.27. The van der Waals surface area contributed by atoms with Crippen molar-refractivity contribution in [3.63, 3.8) is 0 Å². The Kier molecular flexibility index (Phi) is 4.71. The van der Waals surface area contributed by atoms with Gasteiger partial charge in [-0.2, -0.15) is 8.42 Å². The molecule has 3 aromatic carbocycles. The van der Waals surface area contributed by atoms with E-state index in [4.69, 9.17) is 0 Å². The van der Waals surface area contributed by atoms with Gasteiger partial charge >= 0.3 is 0 Å². The van der Waals surface area contributed by atoms with Crippen LogP contribution in [0.4, 0.5) is 0 Å². The normalized spacial score (nSPS) is 12.1. The molecule has 5 nitrogen and oxygen atoms in total. The van der Waals surface area contributed by atoms with Gasteiger partial charge in [-0.1, -0.05) is 56.3 Å². The van der Waals surface area contributed by atoms with Crippen LogP contribution in [0.25, 0.3) is 11.1 Å². The first-order valence-electron chi connectivity index (χ1n) is 8.30. The second kappa shape index (κ2) is 6.72. The van der Waals surface area contributed by atoms with E-state index >= 15 is 0 Å². The summed E-state index contributed by atoms with van der Waals surface area (Å²) in [5.41, 5.74) is 1.66. The fourth-order valence-corrected chi connectivity index (χ4v) is 3.74. The summed E-state index contributed by atoms with van der Waals surface area (Å²) in [7, 11) is -4.64. The molecule has 0 aliphatic carbocycles. The molecule has 0 saturated carbocycles. The van der Waals surface area contributed by atoms with Crippen molar-refractivity contribution in [1.82, 2.24) is 0 Å². The molecule has 0 amide bonds. The molecule has 0 atom stereocenters. The van der Waals surface area contributed by atoms with Gasteiger partial charge in [-0.15, -0.1) is 0 Å². The second-order valence-electron chi connectivity index (χ2n) is 6.88. The van der Waals surface area contributed by atoms with Gasteiger partial charge in [-0.3, -0.25) is 4.55 Å². The summed E-state index contributed by atoms with van der Waals surface area (Å²) in [6.07, 6.45) is 0. The molecule has 0 fully saturated rings. The highest BCUT2D eigenvalue weighted by Crippen LogP contribution is 2.42. The van der Waals surface area contributed by atoms with Crippen LogP contribution in [-0.4, -0.2) is 23.2 Å². The lowest BCUT2D eigenvalue weighted by molar-refractivity contribution is 0.427. The highest BCUT2D eigenvalue weighted by Gasteiger charge is 2.31. The minimum atomic E-state index is -4.64. The van der Waals surface area contributed by atoms with Crippen LogP contribution in [0.15, 0.2) is 71.6 Å². The van der Waals surface area contributed by atoms with Crippen molar-refractivity contribution >= 4 is 10.1 Å². The van der Waals surface area contributed by atoms with Crippen LogP contribution in [0.3, 0.4) is 0 Å². The van der Waals surface area contributed by atoms with E-state index in [1.165, 1.54) is 18.2 Å². The Labute approximate surface area is 158 Å². The lowest BCUT2D eigenvalue weighted by Gasteiger charge is -2.28. The van der Waals surface area contributed by atoms with Gasteiger partial charge in [0, 0.05) is 11.0 Å². The zero-order valence-electron chi connectivity index (χ0n) is 14.9. The minimum absolute atomic E-state index is 0.0809. The number of phenolic OH excluding ortho intramolecular Hbond substituents is 2. The standard InChI is InChI=1S/C21H20O5S/c1-21(2,16-6-4-3-5-7-16)18-12-15(14-8-10-17(22)11-9-14)13-19(20(18)23)27(24,25)26/h3-13,22-23H,1-2H3,(H,24,25,26). The molecule has 6 heteroatoms. The smallest absolute Gasteiger partial charge is 0.298 e. The van der Waals surface area contributed by atoms with E-state index < -0.39 is 26.2 Å². The van der Waals surface area contributed by atoms with Crippen LogP contribution < -0.4 is 0 Å². The van der Waals surface area contributed by atoms with E-state index in [2.05, 4.69) is 0 Å². The molecule has 0 unspecified atom stereocenters. The van der Waals surface area contributed by atoms with Crippen LogP contribution in [0, 0.1) is 0 Å². The molecule has 3 aromatic rings. The quantitative estimate of drug-likeness (QED) is 0.582. The van der Waals surface area contributed by atoms with Crippen molar-refractivity contribution < 1.29 is 23.2 Å². The molecular formula is C21H20O5S. The molecule has 0 aromatic heterocycles. The average Bonchev–Trinajstić information content (AvgIpc) is 2.62. The van der Waals surface area contributed by atoms with Gasteiger partial charge in [-0.25, -0.2) is 0 Å². The Morgan fingerprint density at radius 1 is 0.815 bits per heavy atom. The van der Waals surface area contributed by atoms with Crippen molar-refractivity contribution in [2.45, 2.75) is 24.2 Å². The summed E-state index contributed by atoms with van der Waals surface area (Å²) >= 11 is 0. The van der Waals surface area contributed by atoms with E-state index in [-0.39, 0.29) is 5.75 Å². The SMILES string of the molecule is CC(C)(c1ccccc1)c1cc(-c2ccc(O)cc2)cc(S(=O)(=O)O)c1O. The first-order valence-corrected chi connectivity index (χ1v) is 9.74. The average molecular weight is 384 g/mol. The fourth-order valence-electron chi connectivity index (χ4n) is 3.11. The highest BCUT2D eigenvalue weighted by molar-refractivity contribution is 7.86. The molecule has 3 rings (SSSR count). The monoisotopic (exact) mass is 384 g/mol. The third-order valence-corrected chi connectivity index (χ3v) is 5.59. The molecule has 0 aliphatic heterocycles. The van der Waals surface area contributed by atoms with Crippen molar-refractivity contribution in [3.8, 4) is 22.6 Å². The Balaban J connectivity index is 2.30. The van der Waals surface area contributed by atoms with Gasteiger partial charge in [0.25, 0.3) is 10.1 Å². The third-order valence-electron chi connectivity index (χ3n) is 4.72. The van der Waals surface area contributed by atoms with Crippen molar-refractivity contribution in [1.29, 1.82) is 0 Å². The van der Waals surface area contributed by atoms with Crippen LogP contribution in [0.2, 0.25) is 0 Å². The van der Waals surface area contributed by atoms with Gasteiger partial charge in [0.05, 0.1) is 0 Å². The lowest BCUT2D eigenvalue weighted by Crippen LogP contribution is -2.20. The Morgan fingerprint density at radius 3 is 1.96 bits per heavy atom. The summed E-state index contributed by atoms with van der Waals surface area (Å²) in [6, 6.07) is 18.5. The van der Waals surface area contributed by atoms with E-state index in [9.17, 15) is 23.2 Å². The maximum Gasteiger partial charge on any atom is 0.298 e. The highest BCUT2D eigenvalue weighted by atomic mass is 32.2. The van der Waals surface area contributed by atoms with Crippen LogP contribution in [0.5, 0.6) is 11.5 Å². The largest absolute Gasteiger partial charge is 0.508 e. The summed E-state index contributed by atoms with van der Waals surface area (Å²) in [6.45, 7) is 3.73. The number of aromatic hydroxyl groups is 2. The van der Waals surface area contributed by atoms with Gasteiger partial charge in [0.1, 0.15) is 16.4 Å². The molecule has 0 bridgehead atoms. The Morgan fingerprint density at radius 2 is 1.41 bits per heavy atom. The maximum absolute atomic E-state index is 11.9. The topological polar surface area (TPSA) is 94.8 Å². The Bertz CT molecular complexity index is 1070. The first-order chi connectivity index (χ1) is 12.6. The molecule has 27 heavy (non-hydrogen) atoms. The predicted molar refractivity (Wildman–Crippen MR) is 104 cm³/mol. The number of hydrogen-bond donors (Lipinski definition) is 3. The van der Waals surface area contributed by atoms with Crippen molar-refractivity contribution in [2.75, 3.05) is 0 Å². The van der Waals surface area contributed by atoms with Crippen molar-refractivity contribution in [3.05, 3.63) is 77.9 Å². The van der Waals surface area contributed by atoms with Gasteiger partial charge < -0.3 is 10.2 Å². The molecule has 0 aliphatic rings. The number of hydrogen-bond acceptors (Lipinski definition) is 4. The predicted octanol–water partition coefficient (Wildman–Crippen LogP) is 4.34. The molecule has 0 spiro atoms. The molecular weight excluding hydrogens is 364 g/mol. The van der Waals surface area contributed by atoms with Gasteiger partial charge in [0.2, 0.25) is 0 Å². The maximum atomic E-state index is 11.9. The first kappa shape index (κ1) is 18.9. The zero-order valence-corrected chi connectivity index (χ0v) is 15.7. The summed E-state index contributed by atoms with van der Waals surface area (Å²) in [5.74, 6) is -0.397. The molecule has 0 radical (unpaired) electrons. The summed E-state index contributed by atoms with van der Waals surface area (Å²) in [5, 5.41) is 20.1. The summed E-state index contributed by atoms with van der Waals surface area (Å²) < 4.78 is 33.3. The molecule has 0 saturated heterocycles. The molecule has 3 N–H and O–H groups in total. The lowest BCUT2D eigenvalue weighted by atomic mass is 9.77. The van der Waals surface area contributed by atoms with Gasteiger partial charge in [0.15, 0.2) is 0 Å². The number of benzene rings is 3.